The van der Waals surface area contributed by atoms with Crippen molar-refractivity contribution < 1.29 is 4.84 Å². The summed E-state index contributed by atoms with van der Waals surface area (Å²) in [6.07, 6.45) is 0. The summed E-state index contributed by atoms with van der Waals surface area (Å²) in [5, 5.41) is 30.4. The van der Waals surface area contributed by atoms with Gasteiger partial charge in [0.25, 0.3) is 5.71 Å². The van der Waals surface area contributed by atoms with Crippen molar-refractivity contribution in [3.05, 3.63) is 33.3 Å². The first kappa shape index (κ1) is 15.2. The molecule has 104 valence electrons. The van der Waals surface area contributed by atoms with Gasteiger partial charge in [-0.05, 0) is 18.2 Å². The fraction of sp³-hybridized carbons (Fsp3) is 0.0833. The zero-order valence-electron chi connectivity index (χ0n) is 10.2. The molecule has 0 aliphatic carbocycles. The second-order valence-corrected chi connectivity index (χ2v) is 5.47. The third kappa shape index (κ3) is 3.89. The van der Waals surface area contributed by atoms with Gasteiger partial charge >= 0.3 is 0 Å². The summed E-state index contributed by atoms with van der Waals surface area (Å²) in [7, 11) is 0. The van der Waals surface area contributed by atoms with Gasteiger partial charge in [-0.1, -0.05) is 39.7 Å². The molecule has 0 saturated carbocycles. The highest BCUT2D eigenvalue weighted by Crippen LogP contribution is 2.32. The van der Waals surface area contributed by atoms with Crippen LogP contribution in [0.3, 0.4) is 0 Å². The molecule has 0 N–H and O–H groups in total. The number of nitrogens with zero attached hydrogens (tertiary/aromatic N) is 5. The minimum Gasteiger partial charge on any atom is -0.387 e. The van der Waals surface area contributed by atoms with Crippen molar-refractivity contribution in [2.75, 3.05) is 0 Å². The summed E-state index contributed by atoms with van der Waals surface area (Å²) in [6.45, 7) is 0.00269. The van der Waals surface area contributed by atoms with Crippen molar-refractivity contribution in [1.29, 1.82) is 10.5 Å². The van der Waals surface area contributed by atoms with Gasteiger partial charge in [-0.2, -0.15) is 10.5 Å². The zero-order valence-corrected chi connectivity index (χ0v) is 12.6. The SMILES string of the molecule is N#CC(C#N)=NOCc1nnc(-c2cc(Cl)ccc2Cl)s1. The molecule has 0 amide bonds. The predicted octanol–water partition coefficient (Wildman–Crippen LogP) is 3.43. The van der Waals surface area contributed by atoms with Crippen LogP contribution in [0.4, 0.5) is 0 Å². The average Bonchev–Trinajstić information content (AvgIpc) is 2.95. The Morgan fingerprint density at radius 1 is 1.29 bits per heavy atom. The van der Waals surface area contributed by atoms with Gasteiger partial charge in [-0.25, -0.2) is 0 Å². The van der Waals surface area contributed by atoms with Gasteiger partial charge in [0.2, 0.25) is 0 Å². The fourth-order valence-corrected chi connectivity index (χ4v) is 2.51. The molecule has 21 heavy (non-hydrogen) atoms. The van der Waals surface area contributed by atoms with E-state index in [-0.39, 0.29) is 12.3 Å². The smallest absolute Gasteiger partial charge is 0.256 e. The lowest BCUT2D eigenvalue weighted by molar-refractivity contribution is 0.130. The van der Waals surface area contributed by atoms with E-state index in [1.807, 2.05) is 0 Å². The molecular weight excluding hydrogens is 333 g/mol. The van der Waals surface area contributed by atoms with Crippen molar-refractivity contribution in [3.8, 4) is 22.7 Å². The number of hydrogen-bond acceptors (Lipinski definition) is 7. The molecule has 0 saturated heterocycles. The Labute approximate surface area is 133 Å². The van der Waals surface area contributed by atoms with E-state index in [0.717, 1.165) is 0 Å². The Bertz CT molecular complexity index is 759. The van der Waals surface area contributed by atoms with E-state index in [0.29, 0.717) is 25.6 Å². The number of nitriles is 2. The highest BCUT2D eigenvalue weighted by atomic mass is 35.5. The Morgan fingerprint density at radius 2 is 2.05 bits per heavy atom. The quantitative estimate of drug-likeness (QED) is 0.629. The molecule has 1 heterocycles. The first-order valence-corrected chi connectivity index (χ1v) is 6.99. The summed E-state index contributed by atoms with van der Waals surface area (Å²) in [4.78, 5) is 4.86. The molecule has 0 unspecified atom stereocenters. The Kier molecular flexibility index (Phi) is 5.07. The number of benzene rings is 1. The van der Waals surface area contributed by atoms with Crippen molar-refractivity contribution in [1.82, 2.24) is 10.2 Å². The van der Waals surface area contributed by atoms with E-state index in [1.165, 1.54) is 11.3 Å². The number of oxime groups is 1. The molecule has 2 rings (SSSR count). The van der Waals surface area contributed by atoms with Crippen LogP contribution in [0.15, 0.2) is 23.4 Å². The van der Waals surface area contributed by atoms with Crippen LogP contribution in [-0.4, -0.2) is 15.9 Å². The molecule has 6 nitrogen and oxygen atoms in total. The highest BCUT2D eigenvalue weighted by molar-refractivity contribution is 7.14. The standard InChI is InChI=1S/C12H5Cl2N5OS/c13-7-1-2-10(14)9(3-7)12-18-17-11(21-12)6-20-19-8(4-15)5-16/h1-3H,6H2. The second-order valence-electron chi connectivity index (χ2n) is 3.56. The normalized spacial score (nSPS) is 9.52. The minimum atomic E-state index is -0.363. The monoisotopic (exact) mass is 337 g/mol. The van der Waals surface area contributed by atoms with E-state index >= 15 is 0 Å². The van der Waals surface area contributed by atoms with Gasteiger partial charge in [-0.15, -0.1) is 10.2 Å². The van der Waals surface area contributed by atoms with Crippen LogP contribution in [0, 0.1) is 22.7 Å². The van der Waals surface area contributed by atoms with Crippen LogP contribution >= 0.6 is 34.5 Å². The Hall–Kier alpha value is -2.19. The number of rotatable bonds is 4. The van der Waals surface area contributed by atoms with E-state index in [1.54, 1.807) is 30.3 Å². The largest absolute Gasteiger partial charge is 0.387 e. The number of halogens is 2. The zero-order chi connectivity index (χ0) is 15.2. The minimum absolute atomic E-state index is 0.00269. The van der Waals surface area contributed by atoms with Crippen LogP contribution < -0.4 is 0 Å². The summed E-state index contributed by atoms with van der Waals surface area (Å²) in [6, 6.07) is 8.21. The molecule has 0 fully saturated rings. The maximum absolute atomic E-state index is 8.50. The van der Waals surface area contributed by atoms with Crippen LogP contribution in [0.2, 0.25) is 10.0 Å². The van der Waals surface area contributed by atoms with Gasteiger partial charge in [0, 0.05) is 10.6 Å². The molecule has 0 radical (unpaired) electrons. The molecule has 0 atom stereocenters. The van der Waals surface area contributed by atoms with Gasteiger partial charge in [0.05, 0.1) is 5.02 Å². The molecule has 0 aliphatic rings. The summed E-state index contributed by atoms with van der Waals surface area (Å²) in [5.74, 6) is 0. The molecular formula is C12H5Cl2N5OS. The molecule has 2 aromatic rings. The topological polar surface area (TPSA) is 95.0 Å². The first-order valence-electron chi connectivity index (χ1n) is 5.42. The van der Waals surface area contributed by atoms with E-state index < -0.39 is 0 Å². The fourth-order valence-electron chi connectivity index (χ4n) is 1.30. The summed E-state index contributed by atoms with van der Waals surface area (Å²) < 4.78 is 0. The van der Waals surface area contributed by atoms with Gasteiger partial charge in [0.1, 0.15) is 17.1 Å². The maximum atomic E-state index is 8.50. The van der Waals surface area contributed by atoms with E-state index in [4.69, 9.17) is 38.6 Å². The molecule has 1 aromatic heterocycles. The predicted molar refractivity (Wildman–Crippen MR) is 78.8 cm³/mol. The van der Waals surface area contributed by atoms with Gasteiger partial charge < -0.3 is 4.84 Å². The third-order valence-corrected chi connectivity index (χ3v) is 3.68. The molecule has 1 aromatic carbocycles. The molecule has 0 spiro atoms. The molecule has 0 bridgehead atoms. The van der Waals surface area contributed by atoms with Crippen molar-refractivity contribution in [2.24, 2.45) is 5.16 Å². The van der Waals surface area contributed by atoms with Crippen molar-refractivity contribution >= 4 is 40.3 Å². The summed E-state index contributed by atoms with van der Waals surface area (Å²) >= 11 is 13.2. The van der Waals surface area contributed by atoms with Crippen LogP contribution in [0.25, 0.3) is 10.6 Å². The Balaban J connectivity index is 2.12. The van der Waals surface area contributed by atoms with Gasteiger partial charge in [0.15, 0.2) is 11.6 Å². The lowest BCUT2D eigenvalue weighted by atomic mass is 10.2. The number of aromatic nitrogens is 2. The first-order chi connectivity index (χ1) is 10.1. The highest BCUT2D eigenvalue weighted by Gasteiger charge is 2.11. The Morgan fingerprint density at radius 3 is 2.76 bits per heavy atom. The van der Waals surface area contributed by atoms with Crippen LogP contribution in [0.1, 0.15) is 5.01 Å². The lowest BCUT2D eigenvalue weighted by Gasteiger charge is -1.99. The maximum Gasteiger partial charge on any atom is 0.256 e. The molecule has 9 heteroatoms. The third-order valence-electron chi connectivity index (χ3n) is 2.18. The van der Waals surface area contributed by atoms with E-state index in [2.05, 4.69) is 15.4 Å². The lowest BCUT2D eigenvalue weighted by Crippen LogP contribution is -1.92. The average molecular weight is 338 g/mol. The second kappa shape index (κ2) is 7.00. The van der Waals surface area contributed by atoms with Crippen LogP contribution in [0.5, 0.6) is 0 Å². The van der Waals surface area contributed by atoms with Crippen molar-refractivity contribution in [3.63, 3.8) is 0 Å². The van der Waals surface area contributed by atoms with Gasteiger partial charge in [-0.3, -0.25) is 0 Å². The number of hydrogen-bond donors (Lipinski definition) is 0. The van der Waals surface area contributed by atoms with Crippen LogP contribution in [-0.2, 0) is 11.4 Å². The van der Waals surface area contributed by atoms with Crippen molar-refractivity contribution in [2.45, 2.75) is 6.61 Å². The summed E-state index contributed by atoms with van der Waals surface area (Å²) in [5.41, 5.74) is 0.309. The molecule has 0 aliphatic heterocycles. The van der Waals surface area contributed by atoms with E-state index in [9.17, 15) is 0 Å².